The Balaban J connectivity index is 1.49. The SMILES string of the molecule is c1ccc2c(c1)CCC[C@@H]2NCCN1CCCCCC1. The fraction of sp³-hybridized carbons (Fsp3) is 0.667. The van der Waals surface area contributed by atoms with Crippen molar-refractivity contribution < 1.29 is 0 Å². The molecule has 0 bridgehead atoms. The molecule has 0 saturated carbocycles. The van der Waals surface area contributed by atoms with Gasteiger partial charge in [-0.1, -0.05) is 37.1 Å². The summed E-state index contributed by atoms with van der Waals surface area (Å²) < 4.78 is 0. The summed E-state index contributed by atoms with van der Waals surface area (Å²) in [6, 6.07) is 9.58. The Kier molecular flexibility index (Phi) is 5.10. The van der Waals surface area contributed by atoms with E-state index in [-0.39, 0.29) is 0 Å². The molecule has 0 amide bonds. The van der Waals surface area contributed by atoms with Crippen LogP contribution in [0.25, 0.3) is 0 Å². The summed E-state index contributed by atoms with van der Waals surface area (Å²) in [5, 5.41) is 3.80. The van der Waals surface area contributed by atoms with Crippen LogP contribution < -0.4 is 5.32 Å². The summed E-state index contributed by atoms with van der Waals surface area (Å²) >= 11 is 0. The van der Waals surface area contributed by atoms with Gasteiger partial charge in [0, 0.05) is 19.1 Å². The lowest BCUT2D eigenvalue weighted by Gasteiger charge is -2.28. The van der Waals surface area contributed by atoms with Crippen molar-refractivity contribution in [1.82, 2.24) is 10.2 Å². The zero-order chi connectivity index (χ0) is 13.6. The first kappa shape index (κ1) is 14.1. The lowest BCUT2D eigenvalue weighted by Crippen LogP contribution is -2.35. The number of hydrogen-bond donors (Lipinski definition) is 1. The summed E-state index contributed by atoms with van der Waals surface area (Å²) in [4.78, 5) is 2.65. The van der Waals surface area contributed by atoms with Crippen molar-refractivity contribution in [2.24, 2.45) is 0 Å². The summed E-state index contributed by atoms with van der Waals surface area (Å²) in [6.45, 7) is 4.98. The van der Waals surface area contributed by atoms with E-state index in [4.69, 9.17) is 0 Å². The van der Waals surface area contributed by atoms with Gasteiger partial charge >= 0.3 is 0 Å². The minimum absolute atomic E-state index is 0.590. The normalized spacial score (nSPS) is 24.1. The number of hydrogen-bond acceptors (Lipinski definition) is 2. The van der Waals surface area contributed by atoms with Gasteiger partial charge in [-0.2, -0.15) is 0 Å². The standard InChI is InChI=1S/C18H28N2/c1-2-6-14-20(13-5-1)15-12-19-18-11-7-9-16-8-3-4-10-17(16)18/h3-4,8,10,18-19H,1-2,5-7,9,11-15H2/t18-/m0/s1. The number of nitrogens with zero attached hydrogens (tertiary/aromatic N) is 1. The summed E-state index contributed by atoms with van der Waals surface area (Å²) in [7, 11) is 0. The molecule has 1 fully saturated rings. The minimum Gasteiger partial charge on any atom is -0.309 e. The predicted octanol–water partition coefficient (Wildman–Crippen LogP) is 3.53. The van der Waals surface area contributed by atoms with E-state index in [1.165, 1.54) is 64.6 Å². The molecule has 1 N–H and O–H groups in total. The highest BCUT2D eigenvalue weighted by Crippen LogP contribution is 2.29. The van der Waals surface area contributed by atoms with Crippen molar-refractivity contribution >= 4 is 0 Å². The van der Waals surface area contributed by atoms with E-state index in [0.29, 0.717) is 6.04 Å². The molecule has 0 unspecified atom stereocenters. The Morgan fingerprint density at radius 1 is 1.00 bits per heavy atom. The van der Waals surface area contributed by atoms with E-state index in [1.54, 1.807) is 11.1 Å². The van der Waals surface area contributed by atoms with Crippen molar-refractivity contribution in [3.63, 3.8) is 0 Å². The zero-order valence-corrected chi connectivity index (χ0v) is 12.6. The van der Waals surface area contributed by atoms with Crippen LogP contribution in [0, 0.1) is 0 Å². The maximum absolute atomic E-state index is 3.80. The fourth-order valence-corrected chi connectivity index (χ4v) is 3.72. The number of nitrogens with one attached hydrogen (secondary N) is 1. The smallest absolute Gasteiger partial charge is 0.0323 e. The van der Waals surface area contributed by atoms with E-state index in [2.05, 4.69) is 34.5 Å². The van der Waals surface area contributed by atoms with Gasteiger partial charge < -0.3 is 10.2 Å². The van der Waals surface area contributed by atoms with Crippen molar-refractivity contribution in [2.45, 2.75) is 51.0 Å². The van der Waals surface area contributed by atoms with Crippen LogP contribution in [0.3, 0.4) is 0 Å². The molecule has 110 valence electrons. The molecule has 1 aromatic carbocycles. The first-order valence-corrected chi connectivity index (χ1v) is 8.47. The van der Waals surface area contributed by atoms with Crippen LogP contribution in [0.5, 0.6) is 0 Å². The maximum Gasteiger partial charge on any atom is 0.0323 e. The van der Waals surface area contributed by atoms with Crippen LogP contribution in [0.4, 0.5) is 0 Å². The van der Waals surface area contributed by atoms with Crippen molar-refractivity contribution in [1.29, 1.82) is 0 Å². The summed E-state index contributed by atoms with van der Waals surface area (Å²) in [6.07, 6.45) is 9.55. The molecule has 1 heterocycles. The molecule has 1 aliphatic carbocycles. The second-order valence-corrected chi connectivity index (χ2v) is 6.35. The molecule has 2 aliphatic rings. The highest BCUT2D eigenvalue weighted by atomic mass is 15.1. The lowest BCUT2D eigenvalue weighted by molar-refractivity contribution is 0.276. The molecular weight excluding hydrogens is 244 g/mol. The number of likely N-dealkylation sites (tertiary alicyclic amines) is 1. The van der Waals surface area contributed by atoms with Gasteiger partial charge in [0.05, 0.1) is 0 Å². The van der Waals surface area contributed by atoms with Gasteiger partial charge in [-0.15, -0.1) is 0 Å². The quantitative estimate of drug-likeness (QED) is 0.902. The number of rotatable bonds is 4. The van der Waals surface area contributed by atoms with Crippen LogP contribution in [0.2, 0.25) is 0 Å². The number of aryl methyl sites for hydroxylation is 1. The van der Waals surface area contributed by atoms with Crippen molar-refractivity contribution in [2.75, 3.05) is 26.2 Å². The third kappa shape index (κ3) is 3.62. The van der Waals surface area contributed by atoms with Gasteiger partial charge in [-0.3, -0.25) is 0 Å². The summed E-state index contributed by atoms with van der Waals surface area (Å²) in [5.41, 5.74) is 3.11. The van der Waals surface area contributed by atoms with E-state index in [1.807, 2.05) is 0 Å². The Morgan fingerprint density at radius 2 is 1.80 bits per heavy atom. The molecule has 1 aliphatic heterocycles. The van der Waals surface area contributed by atoms with Gasteiger partial charge in [-0.05, 0) is 56.3 Å². The van der Waals surface area contributed by atoms with Crippen molar-refractivity contribution in [3.05, 3.63) is 35.4 Å². The average Bonchev–Trinajstić information content (AvgIpc) is 2.76. The average molecular weight is 272 g/mol. The van der Waals surface area contributed by atoms with Gasteiger partial charge in [0.1, 0.15) is 0 Å². The third-order valence-corrected chi connectivity index (χ3v) is 4.89. The molecule has 1 aromatic rings. The minimum atomic E-state index is 0.590. The lowest BCUT2D eigenvalue weighted by atomic mass is 9.88. The second kappa shape index (κ2) is 7.24. The zero-order valence-electron chi connectivity index (χ0n) is 12.6. The molecule has 0 spiro atoms. The van der Waals surface area contributed by atoms with Gasteiger partial charge in [0.2, 0.25) is 0 Å². The molecule has 3 rings (SSSR count). The number of benzene rings is 1. The first-order valence-electron chi connectivity index (χ1n) is 8.47. The molecule has 20 heavy (non-hydrogen) atoms. The first-order chi connectivity index (χ1) is 9.93. The Labute approximate surface area is 123 Å². The van der Waals surface area contributed by atoms with Crippen LogP contribution in [-0.4, -0.2) is 31.1 Å². The molecule has 0 radical (unpaired) electrons. The molecule has 0 aromatic heterocycles. The Hall–Kier alpha value is -0.860. The molecule has 2 heteroatoms. The fourth-order valence-electron chi connectivity index (χ4n) is 3.72. The molecule has 1 atom stereocenters. The topological polar surface area (TPSA) is 15.3 Å². The van der Waals surface area contributed by atoms with Crippen LogP contribution >= 0.6 is 0 Å². The maximum atomic E-state index is 3.80. The third-order valence-electron chi connectivity index (χ3n) is 4.89. The predicted molar refractivity (Wildman–Crippen MR) is 85.0 cm³/mol. The van der Waals surface area contributed by atoms with Crippen LogP contribution in [0.15, 0.2) is 24.3 Å². The highest BCUT2D eigenvalue weighted by molar-refractivity contribution is 5.32. The summed E-state index contributed by atoms with van der Waals surface area (Å²) in [5.74, 6) is 0. The van der Waals surface area contributed by atoms with Gasteiger partial charge in [-0.25, -0.2) is 0 Å². The van der Waals surface area contributed by atoms with E-state index in [0.717, 1.165) is 6.54 Å². The monoisotopic (exact) mass is 272 g/mol. The Bertz CT molecular complexity index is 408. The molecular formula is C18H28N2. The number of fused-ring (bicyclic) bond motifs is 1. The van der Waals surface area contributed by atoms with Crippen LogP contribution in [0.1, 0.15) is 55.7 Å². The van der Waals surface area contributed by atoms with E-state index < -0.39 is 0 Å². The van der Waals surface area contributed by atoms with Gasteiger partial charge in [0.25, 0.3) is 0 Å². The van der Waals surface area contributed by atoms with Gasteiger partial charge in [0.15, 0.2) is 0 Å². The molecule has 1 saturated heterocycles. The van der Waals surface area contributed by atoms with Crippen LogP contribution in [-0.2, 0) is 6.42 Å². The highest BCUT2D eigenvalue weighted by Gasteiger charge is 2.19. The largest absolute Gasteiger partial charge is 0.309 e. The second-order valence-electron chi connectivity index (χ2n) is 6.35. The van der Waals surface area contributed by atoms with E-state index >= 15 is 0 Å². The molecule has 2 nitrogen and oxygen atoms in total. The van der Waals surface area contributed by atoms with Crippen molar-refractivity contribution in [3.8, 4) is 0 Å². The van der Waals surface area contributed by atoms with E-state index in [9.17, 15) is 0 Å². The Morgan fingerprint density at radius 3 is 2.65 bits per heavy atom.